The van der Waals surface area contributed by atoms with Crippen molar-refractivity contribution in [2.75, 3.05) is 26.1 Å². The van der Waals surface area contributed by atoms with Gasteiger partial charge in [-0.15, -0.1) is 0 Å². The molecule has 4 rings (SSSR count). The van der Waals surface area contributed by atoms with Crippen LogP contribution in [0.15, 0.2) is 47.7 Å². The highest BCUT2D eigenvalue weighted by Gasteiger charge is 2.36. The van der Waals surface area contributed by atoms with Gasteiger partial charge < -0.3 is 25.1 Å². The van der Waals surface area contributed by atoms with E-state index in [0.717, 1.165) is 48.3 Å². The predicted molar refractivity (Wildman–Crippen MR) is 144 cm³/mol. The van der Waals surface area contributed by atoms with Gasteiger partial charge in [-0.1, -0.05) is 19.9 Å². The molecule has 0 spiro atoms. The van der Waals surface area contributed by atoms with Crippen LogP contribution in [-0.2, 0) is 19.0 Å². The molecule has 1 saturated carbocycles. The van der Waals surface area contributed by atoms with Crippen LogP contribution in [0.4, 0.5) is 5.69 Å². The fraction of sp³-hybridized carbons (Fsp3) is 0.500. The molecule has 194 valence electrons. The minimum absolute atomic E-state index is 0.0203. The second-order valence-corrected chi connectivity index (χ2v) is 10.4. The maximum atomic E-state index is 13.3. The zero-order valence-corrected chi connectivity index (χ0v) is 22.1. The standard InChI is InChI=1S/C28H39N5O3/c1-19(2)15-33-17-20(21-14-30-32(3)16-21)12-24(27(33)34)31-23-8-10-28(18-29,11-9-23)22-6-7-25(35-4)26(13-22)36-5/h6-7,12-14,16-17,19,23,31H,8-11,15,18,29H2,1-5H3/t23-,28+. The fourth-order valence-corrected chi connectivity index (χ4v) is 5.31. The molecule has 2 heterocycles. The van der Waals surface area contributed by atoms with Crippen LogP contribution in [0.1, 0.15) is 45.1 Å². The molecule has 0 saturated heterocycles. The highest BCUT2D eigenvalue weighted by atomic mass is 16.5. The molecule has 36 heavy (non-hydrogen) atoms. The van der Waals surface area contributed by atoms with Crippen molar-refractivity contribution in [2.45, 2.75) is 57.5 Å². The molecule has 0 unspecified atom stereocenters. The average Bonchev–Trinajstić information content (AvgIpc) is 3.32. The molecular formula is C28H39N5O3. The number of rotatable bonds is 9. The number of hydrogen-bond acceptors (Lipinski definition) is 6. The summed E-state index contributed by atoms with van der Waals surface area (Å²) in [7, 11) is 5.20. The van der Waals surface area contributed by atoms with Crippen molar-refractivity contribution in [2.24, 2.45) is 18.7 Å². The Labute approximate surface area is 213 Å². The van der Waals surface area contributed by atoms with Gasteiger partial charge in [-0.2, -0.15) is 5.10 Å². The third kappa shape index (κ3) is 5.28. The molecule has 1 aromatic carbocycles. The molecule has 0 atom stereocenters. The van der Waals surface area contributed by atoms with E-state index in [2.05, 4.69) is 36.4 Å². The Morgan fingerprint density at radius 3 is 2.42 bits per heavy atom. The highest BCUT2D eigenvalue weighted by Crippen LogP contribution is 2.42. The zero-order valence-electron chi connectivity index (χ0n) is 22.1. The highest BCUT2D eigenvalue weighted by molar-refractivity contribution is 5.65. The first kappa shape index (κ1) is 25.8. The van der Waals surface area contributed by atoms with Gasteiger partial charge in [0.05, 0.1) is 20.4 Å². The van der Waals surface area contributed by atoms with Crippen molar-refractivity contribution in [1.82, 2.24) is 14.3 Å². The largest absolute Gasteiger partial charge is 0.493 e. The average molecular weight is 494 g/mol. The molecule has 2 aromatic heterocycles. The number of aryl methyl sites for hydroxylation is 1. The van der Waals surface area contributed by atoms with E-state index in [1.165, 1.54) is 5.56 Å². The van der Waals surface area contributed by atoms with E-state index < -0.39 is 0 Å². The van der Waals surface area contributed by atoms with E-state index >= 15 is 0 Å². The van der Waals surface area contributed by atoms with E-state index in [9.17, 15) is 4.79 Å². The summed E-state index contributed by atoms with van der Waals surface area (Å²) in [5.41, 5.74) is 10.1. The minimum Gasteiger partial charge on any atom is -0.493 e. The maximum absolute atomic E-state index is 13.3. The van der Waals surface area contributed by atoms with Crippen LogP contribution in [-0.4, -0.2) is 41.2 Å². The quantitative estimate of drug-likeness (QED) is 0.464. The number of methoxy groups -OCH3 is 2. The van der Waals surface area contributed by atoms with Crippen LogP contribution in [0, 0.1) is 5.92 Å². The topological polar surface area (TPSA) is 96.3 Å². The van der Waals surface area contributed by atoms with Gasteiger partial charge in [0, 0.05) is 55.1 Å². The van der Waals surface area contributed by atoms with Gasteiger partial charge in [0.2, 0.25) is 0 Å². The molecular weight excluding hydrogens is 454 g/mol. The number of ether oxygens (including phenoxy) is 2. The van der Waals surface area contributed by atoms with E-state index in [0.29, 0.717) is 24.7 Å². The SMILES string of the molecule is COc1ccc([C@]2(CN)CC[C@H](Nc3cc(-c4cnn(C)c4)cn(CC(C)C)c3=O)CC2)cc1OC. The molecule has 1 fully saturated rings. The van der Waals surface area contributed by atoms with Crippen molar-refractivity contribution in [3.8, 4) is 22.6 Å². The minimum atomic E-state index is -0.118. The number of pyridine rings is 1. The summed E-state index contributed by atoms with van der Waals surface area (Å²) < 4.78 is 14.6. The van der Waals surface area contributed by atoms with E-state index in [-0.39, 0.29) is 17.0 Å². The van der Waals surface area contributed by atoms with Gasteiger partial charge in [-0.05, 0) is 55.4 Å². The summed E-state index contributed by atoms with van der Waals surface area (Å²) in [5.74, 6) is 1.80. The molecule has 1 aliphatic carbocycles. The molecule has 3 N–H and O–H groups in total. The Morgan fingerprint density at radius 1 is 1.11 bits per heavy atom. The summed E-state index contributed by atoms with van der Waals surface area (Å²) in [6.45, 7) is 5.48. The molecule has 0 radical (unpaired) electrons. The summed E-state index contributed by atoms with van der Waals surface area (Å²) in [4.78, 5) is 13.3. The van der Waals surface area contributed by atoms with Crippen LogP contribution in [0.25, 0.3) is 11.1 Å². The van der Waals surface area contributed by atoms with Gasteiger partial charge in [-0.3, -0.25) is 9.48 Å². The summed E-state index contributed by atoms with van der Waals surface area (Å²) in [5, 5.41) is 7.90. The molecule has 8 heteroatoms. The lowest BCUT2D eigenvalue weighted by Gasteiger charge is -2.40. The van der Waals surface area contributed by atoms with Crippen molar-refractivity contribution in [3.05, 3.63) is 58.8 Å². The number of aromatic nitrogens is 3. The van der Waals surface area contributed by atoms with E-state index in [4.69, 9.17) is 15.2 Å². The molecule has 8 nitrogen and oxygen atoms in total. The summed E-state index contributed by atoms with van der Waals surface area (Å²) in [6.07, 6.45) is 9.46. The van der Waals surface area contributed by atoms with Gasteiger partial charge in [0.15, 0.2) is 11.5 Å². The van der Waals surface area contributed by atoms with Crippen molar-refractivity contribution in [1.29, 1.82) is 0 Å². The predicted octanol–water partition coefficient (Wildman–Crippen LogP) is 4.17. The zero-order chi connectivity index (χ0) is 25.9. The molecule has 3 aromatic rings. The second-order valence-electron chi connectivity index (χ2n) is 10.4. The number of anilines is 1. The van der Waals surface area contributed by atoms with E-state index in [1.54, 1.807) is 18.9 Å². The summed E-state index contributed by atoms with van der Waals surface area (Å²) >= 11 is 0. The Kier molecular flexibility index (Phi) is 7.73. The first-order chi connectivity index (χ1) is 17.3. The van der Waals surface area contributed by atoms with Crippen LogP contribution < -0.4 is 26.1 Å². The number of nitrogens with zero attached hydrogens (tertiary/aromatic N) is 3. The van der Waals surface area contributed by atoms with Gasteiger partial charge >= 0.3 is 0 Å². The van der Waals surface area contributed by atoms with E-state index in [1.807, 2.05) is 42.3 Å². The monoisotopic (exact) mass is 493 g/mol. The Hall–Kier alpha value is -3.26. The van der Waals surface area contributed by atoms with Crippen molar-refractivity contribution < 1.29 is 9.47 Å². The lowest BCUT2D eigenvalue weighted by molar-refractivity contribution is 0.283. The third-order valence-corrected chi connectivity index (χ3v) is 7.38. The smallest absolute Gasteiger partial charge is 0.273 e. The van der Waals surface area contributed by atoms with Crippen LogP contribution >= 0.6 is 0 Å². The third-order valence-electron chi connectivity index (χ3n) is 7.38. The van der Waals surface area contributed by atoms with Crippen LogP contribution in [0.2, 0.25) is 0 Å². The Morgan fingerprint density at radius 2 is 1.83 bits per heavy atom. The molecule has 0 bridgehead atoms. The van der Waals surface area contributed by atoms with Crippen molar-refractivity contribution in [3.63, 3.8) is 0 Å². The van der Waals surface area contributed by atoms with Crippen LogP contribution in [0.3, 0.4) is 0 Å². The van der Waals surface area contributed by atoms with Gasteiger partial charge in [0.1, 0.15) is 5.69 Å². The number of benzene rings is 1. The van der Waals surface area contributed by atoms with Gasteiger partial charge in [-0.25, -0.2) is 0 Å². The number of hydrogen-bond donors (Lipinski definition) is 2. The molecule has 0 amide bonds. The lowest BCUT2D eigenvalue weighted by Crippen LogP contribution is -2.42. The normalized spacial score (nSPS) is 19.9. The number of nitrogens with one attached hydrogen (secondary N) is 1. The first-order valence-corrected chi connectivity index (χ1v) is 12.7. The molecule has 0 aliphatic heterocycles. The Bertz CT molecular complexity index is 1240. The molecule has 1 aliphatic rings. The van der Waals surface area contributed by atoms with Crippen molar-refractivity contribution >= 4 is 5.69 Å². The fourth-order valence-electron chi connectivity index (χ4n) is 5.31. The second kappa shape index (κ2) is 10.8. The van der Waals surface area contributed by atoms with Gasteiger partial charge in [0.25, 0.3) is 5.56 Å². The lowest BCUT2D eigenvalue weighted by atomic mass is 9.68. The summed E-state index contributed by atoms with van der Waals surface area (Å²) in [6, 6.07) is 8.28. The van der Waals surface area contributed by atoms with Crippen LogP contribution in [0.5, 0.6) is 11.5 Å². The Balaban J connectivity index is 1.56. The first-order valence-electron chi connectivity index (χ1n) is 12.7. The maximum Gasteiger partial charge on any atom is 0.273 e. The number of nitrogens with two attached hydrogens (primary N) is 1.